The van der Waals surface area contributed by atoms with Crippen LogP contribution in [-0.4, -0.2) is 51.1 Å². The molecule has 4 rings (SSSR count). The Balaban J connectivity index is 1.62. The number of hydrogen-bond donors (Lipinski definition) is 2. The summed E-state index contributed by atoms with van der Waals surface area (Å²) in [6.45, 7) is 3.43. The van der Waals surface area contributed by atoms with Crippen molar-refractivity contribution < 1.29 is 23.5 Å². The summed E-state index contributed by atoms with van der Waals surface area (Å²) in [5.41, 5.74) is 1.55. The summed E-state index contributed by atoms with van der Waals surface area (Å²) in [7, 11) is 0. The van der Waals surface area contributed by atoms with Crippen molar-refractivity contribution in [3.05, 3.63) is 58.8 Å². The lowest BCUT2D eigenvalue weighted by molar-refractivity contribution is -0.125. The van der Waals surface area contributed by atoms with Gasteiger partial charge in [-0.15, -0.1) is 11.3 Å². The van der Waals surface area contributed by atoms with Gasteiger partial charge in [-0.05, 0) is 49.6 Å². The minimum Gasteiger partial charge on any atom is -0.390 e. The molecule has 2 aromatic heterocycles. The molecule has 1 saturated heterocycles. The Hall–Kier alpha value is -3.11. The second kappa shape index (κ2) is 9.40. The number of aliphatic hydroxyl groups is 1. The molecular formula is C23H24F2N4O3S. The molecule has 1 atom stereocenters. The Bertz CT molecular complexity index is 1190. The Labute approximate surface area is 193 Å². The van der Waals surface area contributed by atoms with E-state index >= 15 is 0 Å². The van der Waals surface area contributed by atoms with Gasteiger partial charge in [0.1, 0.15) is 6.61 Å². The lowest BCUT2D eigenvalue weighted by Gasteiger charge is -2.21. The number of carbonyl (C=O) groups excluding carboxylic acids is 2. The number of fused-ring (bicyclic) bond motifs is 1. The number of aromatic nitrogens is 2. The molecule has 3 heterocycles. The number of carbonyl (C=O) groups is 2. The molecule has 1 fully saturated rings. The topological polar surface area (TPSA) is 87.5 Å². The summed E-state index contributed by atoms with van der Waals surface area (Å²) < 4.78 is 29.5. The molecule has 7 nitrogen and oxygen atoms in total. The molecule has 0 aliphatic carbocycles. The fourth-order valence-electron chi connectivity index (χ4n) is 4.09. The van der Waals surface area contributed by atoms with Gasteiger partial charge < -0.3 is 14.6 Å². The fraction of sp³-hybridized carbons (Fsp3) is 0.348. The average molecular weight is 475 g/mol. The number of para-hydroxylation sites is 2. The number of amides is 2. The molecule has 0 radical (unpaired) electrons. The van der Waals surface area contributed by atoms with Crippen molar-refractivity contribution in [3.63, 3.8) is 0 Å². The third-order valence-corrected chi connectivity index (χ3v) is 6.96. The van der Waals surface area contributed by atoms with E-state index in [-0.39, 0.29) is 21.7 Å². The summed E-state index contributed by atoms with van der Waals surface area (Å²) in [6.07, 6.45) is 3.56. The minimum atomic E-state index is -3.40. The highest BCUT2D eigenvalue weighted by Crippen LogP contribution is 2.34. The molecule has 3 aromatic rings. The molecule has 10 heteroatoms. The molecule has 1 aromatic carbocycles. The molecule has 2 amide bonds. The molecule has 0 bridgehead atoms. The van der Waals surface area contributed by atoms with Gasteiger partial charge in [-0.1, -0.05) is 18.7 Å². The zero-order valence-corrected chi connectivity index (χ0v) is 18.7. The third-order valence-electron chi connectivity index (χ3n) is 5.76. The third kappa shape index (κ3) is 4.67. The van der Waals surface area contributed by atoms with Gasteiger partial charge in [0.05, 0.1) is 20.8 Å². The van der Waals surface area contributed by atoms with E-state index in [2.05, 4.69) is 16.9 Å². The number of likely N-dealkylation sites (tertiary alicyclic amines) is 1. The number of anilines is 1. The molecule has 2 N–H and O–H groups in total. The summed E-state index contributed by atoms with van der Waals surface area (Å²) >= 11 is 0.637. The molecular weight excluding hydrogens is 450 g/mol. The van der Waals surface area contributed by atoms with Crippen LogP contribution in [0.3, 0.4) is 0 Å². The van der Waals surface area contributed by atoms with Crippen LogP contribution in [0.1, 0.15) is 39.9 Å². The first-order valence-corrected chi connectivity index (χ1v) is 11.4. The summed E-state index contributed by atoms with van der Waals surface area (Å²) in [5.74, 6) is -3.72. The molecule has 0 unspecified atom stereocenters. The highest BCUT2D eigenvalue weighted by Gasteiger charge is 2.33. The minimum absolute atomic E-state index is 0.00654. The van der Waals surface area contributed by atoms with E-state index in [1.165, 1.54) is 12.1 Å². The number of hydrogen-bond acceptors (Lipinski definition) is 5. The first kappa shape index (κ1) is 23.1. The van der Waals surface area contributed by atoms with E-state index in [0.29, 0.717) is 42.3 Å². The van der Waals surface area contributed by atoms with Gasteiger partial charge in [0.15, 0.2) is 0 Å². The largest absolute Gasteiger partial charge is 0.390 e. The van der Waals surface area contributed by atoms with E-state index in [1.54, 1.807) is 4.90 Å². The smallest absolute Gasteiger partial charge is 0.304 e. The van der Waals surface area contributed by atoms with E-state index in [0.717, 1.165) is 24.4 Å². The van der Waals surface area contributed by atoms with Crippen molar-refractivity contribution in [3.8, 4) is 0 Å². The van der Waals surface area contributed by atoms with Crippen molar-refractivity contribution >= 4 is 40.1 Å². The van der Waals surface area contributed by atoms with Crippen LogP contribution in [0.15, 0.2) is 49.1 Å². The zero-order valence-electron chi connectivity index (χ0n) is 17.8. The molecule has 0 saturated carbocycles. The van der Waals surface area contributed by atoms with Gasteiger partial charge in [-0.2, -0.15) is 8.78 Å². The second-order valence-electron chi connectivity index (χ2n) is 7.89. The van der Waals surface area contributed by atoms with E-state index < -0.39 is 18.4 Å². The predicted octanol–water partition coefficient (Wildman–Crippen LogP) is 4.17. The van der Waals surface area contributed by atoms with Gasteiger partial charge in [0.2, 0.25) is 11.9 Å². The average Bonchev–Trinajstić information content (AvgIpc) is 3.38. The van der Waals surface area contributed by atoms with Gasteiger partial charge in [-0.3, -0.25) is 14.9 Å². The number of alkyl halides is 2. The summed E-state index contributed by atoms with van der Waals surface area (Å²) in [6, 6.07) is 9.96. The monoisotopic (exact) mass is 474 g/mol. The molecule has 1 aliphatic rings. The van der Waals surface area contributed by atoms with Gasteiger partial charge in [0, 0.05) is 19.1 Å². The van der Waals surface area contributed by atoms with Crippen LogP contribution in [-0.2, 0) is 10.7 Å². The van der Waals surface area contributed by atoms with E-state index in [9.17, 15) is 18.4 Å². The zero-order chi connectivity index (χ0) is 23.6. The number of imidazole rings is 1. The molecule has 33 heavy (non-hydrogen) atoms. The second-order valence-corrected chi connectivity index (χ2v) is 8.97. The standard InChI is InChI=1S/C23H24F2N4O3S/c1-2-20(31)28-12-5-6-15(11-13-28)29-17-8-4-3-7-16(17)26-22(29)27-21(32)18-9-10-19(33-18)23(24,25)14-30/h2-4,7-10,15,30H,1,5-6,11-14H2,(H,26,27,32)/t15-/m1/s1. The molecule has 174 valence electrons. The van der Waals surface area contributed by atoms with E-state index in [4.69, 9.17) is 5.11 Å². The Morgan fingerprint density at radius 2 is 2.03 bits per heavy atom. The Kier molecular flexibility index (Phi) is 6.57. The fourth-order valence-corrected chi connectivity index (χ4v) is 4.95. The quantitative estimate of drug-likeness (QED) is 0.525. The SMILES string of the molecule is C=CC(=O)N1CCC[C@@H](n2c(NC(=O)c3ccc(C(F)(F)CO)s3)nc3ccccc32)CC1. The number of nitrogens with one attached hydrogen (secondary N) is 1. The molecule has 1 aliphatic heterocycles. The highest BCUT2D eigenvalue weighted by atomic mass is 32.1. The van der Waals surface area contributed by atoms with Crippen LogP contribution < -0.4 is 5.32 Å². The lowest BCUT2D eigenvalue weighted by atomic mass is 10.1. The van der Waals surface area contributed by atoms with Crippen LogP contribution in [0.25, 0.3) is 11.0 Å². The first-order chi connectivity index (χ1) is 15.8. The maximum absolute atomic E-state index is 13.8. The summed E-state index contributed by atoms with van der Waals surface area (Å²) in [5, 5.41) is 11.7. The Morgan fingerprint density at radius 3 is 2.79 bits per heavy atom. The number of halogens is 2. The van der Waals surface area contributed by atoms with Gasteiger partial charge in [0.25, 0.3) is 5.91 Å². The van der Waals surface area contributed by atoms with Gasteiger partial charge >= 0.3 is 5.92 Å². The number of rotatable bonds is 6. The van der Waals surface area contributed by atoms with Crippen molar-refractivity contribution in [2.75, 3.05) is 25.0 Å². The maximum atomic E-state index is 13.8. The highest BCUT2D eigenvalue weighted by molar-refractivity contribution is 7.14. The van der Waals surface area contributed by atoms with E-state index in [1.807, 2.05) is 28.8 Å². The lowest BCUT2D eigenvalue weighted by Crippen LogP contribution is -2.30. The van der Waals surface area contributed by atoms with Crippen LogP contribution in [0.2, 0.25) is 0 Å². The van der Waals surface area contributed by atoms with Crippen molar-refractivity contribution in [1.29, 1.82) is 0 Å². The predicted molar refractivity (Wildman–Crippen MR) is 123 cm³/mol. The molecule has 0 spiro atoms. The van der Waals surface area contributed by atoms with Crippen LogP contribution in [0.5, 0.6) is 0 Å². The van der Waals surface area contributed by atoms with Gasteiger partial charge in [-0.25, -0.2) is 4.98 Å². The number of nitrogens with zero attached hydrogens (tertiary/aromatic N) is 3. The van der Waals surface area contributed by atoms with Crippen LogP contribution in [0.4, 0.5) is 14.7 Å². The Morgan fingerprint density at radius 1 is 1.24 bits per heavy atom. The normalized spacial score (nSPS) is 17.1. The number of thiophene rings is 1. The number of benzene rings is 1. The van der Waals surface area contributed by atoms with Crippen LogP contribution >= 0.6 is 11.3 Å². The first-order valence-electron chi connectivity index (χ1n) is 10.6. The maximum Gasteiger partial charge on any atom is 0.304 e. The van der Waals surface area contributed by atoms with Crippen molar-refractivity contribution in [2.45, 2.75) is 31.2 Å². The number of aliphatic hydroxyl groups excluding tert-OH is 1. The summed E-state index contributed by atoms with van der Waals surface area (Å²) in [4.78, 5) is 31.0. The van der Waals surface area contributed by atoms with Crippen molar-refractivity contribution in [2.24, 2.45) is 0 Å². The van der Waals surface area contributed by atoms with Crippen molar-refractivity contribution in [1.82, 2.24) is 14.5 Å². The van der Waals surface area contributed by atoms with Crippen LogP contribution in [0, 0.1) is 0 Å².